The predicted octanol–water partition coefficient (Wildman–Crippen LogP) is 3.12. The molecule has 5 nitrogen and oxygen atoms in total. The highest BCUT2D eigenvalue weighted by atomic mass is 16.5. The van der Waals surface area contributed by atoms with E-state index in [4.69, 9.17) is 4.74 Å². The van der Waals surface area contributed by atoms with Crippen molar-refractivity contribution in [2.24, 2.45) is 23.7 Å². The Morgan fingerprint density at radius 2 is 1.69 bits per heavy atom. The van der Waals surface area contributed by atoms with Crippen LogP contribution in [0.2, 0.25) is 0 Å². The minimum Gasteiger partial charge on any atom is -0.462 e. The fraction of sp³-hybridized carbons (Fsp3) is 0.381. The Labute approximate surface area is 152 Å². The lowest BCUT2D eigenvalue weighted by Crippen LogP contribution is -2.33. The van der Waals surface area contributed by atoms with Crippen LogP contribution in [0.1, 0.15) is 31.1 Å². The number of ether oxygens (including phenoxy) is 1. The molecule has 4 rings (SSSR count). The molecular formula is C21H21NO4. The molecule has 134 valence electrons. The Morgan fingerprint density at radius 1 is 1.08 bits per heavy atom. The monoisotopic (exact) mass is 351 g/mol. The Hall–Kier alpha value is -2.69. The first-order valence-electron chi connectivity index (χ1n) is 8.96. The van der Waals surface area contributed by atoms with Crippen molar-refractivity contribution in [3.05, 3.63) is 53.1 Å². The summed E-state index contributed by atoms with van der Waals surface area (Å²) in [6.45, 7) is 6.09. The summed E-state index contributed by atoms with van der Waals surface area (Å²) in [5, 5.41) is 0. The number of fused-ring (bicyclic) bond motifs is 5. The van der Waals surface area contributed by atoms with Gasteiger partial charge in [0.25, 0.3) is 0 Å². The molecule has 0 radical (unpaired) electrons. The van der Waals surface area contributed by atoms with Crippen LogP contribution in [0.5, 0.6) is 0 Å². The van der Waals surface area contributed by atoms with Crippen molar-refractivity contribution < 1.29 is 19.1 Å². The van der Waals surface area contributed by atoms with Crippen LogP contribution in [-0.4, -0.2) is 24.4 Å². The number of carbonyl (C=O) groups excluding carboxylic acids is 3. The summed E-state index contributed by atoms with van der Waals surface area (Å²) in [6, 6.07) is 6.55. The summed E-state index contributed by atoms with van der Waals surface area (Å²) in [5.41, 5.74) is 3.20. The van der Waals surface area contributed by atoms with Crippen molar-refractivity contribution in [2.75, 3.05) is 11.5 Å². The van der Waals surface area contributed by atoms with E-state index in [0.29, 0.717) is 11.3 Å². The van der Waals surface area contributed by atoms with Gasteiger partial charge in [-0.25, -0.2) is 9.69 Å². The Bertz CT molecular complexity index is 844. The fourth-order valence-electron chi connectivity index (χ4n) is 4.67. The Balaban J connectivity index is 1.69. The highest BCUT2D eigenvalue weighted by molar-refractivity contribution is 6.23. The number of anilines is 1. The van der Waals surface area contributed by atoms with E-state index in [1.807, 2.05) is 13.8 Å². The third-order valence-electron chi connectivity index (χ3n) is 5.61. The molecule has 0 spiro atoms. The number of allylic oxidation sites excluding steroid dienone is 4. The molecule has 5 heteroatoms. The lowest BCUT2D eigenvalue weighted by molar-refractivity contribution is -0.122. The molecule has 2 aliphatic carbocycles. The Kier molecular flexibility index (Phi) is 3.83. The number of rotatable bonds is 3. The average Bonchev–Trinajstić information content (AvgIpc) is 3.25. The van der Waals surface area contributed by atoms with Crippen LogP contribution in [0.25, 0.3) is 0 Å². The highest BCUT2D eigenvalue weighted by Gasteiger charge is 2.61. The van der Waals surface area contributed by atoms with E-state index < -0.39 is 5.97 Å². The number of amides is 2. The van der Waals surface area contributed by atoms with Gasteiger partial charge in [0.2, 0.25) is 11.8 Å². The highest BCUT2D eigenvalue weighted by Crippen LogP contribution is 2.57. The second kappa shape index (κ2) is 5.94. The van der Waals surface area contributed by atoms with Crippen LogP contribution in [-0.2, 0) is 14.3 Å². The molecule has 3 aliphatic rings. The summed E-state index contributed by atoms with van der Waals surface area (Å²) < 4.78 is 5.01. The van der Waals surface area contributed by atoms with Gasteiger partial charge in [-0.3, -0.25) is 9.59 Å². The van der Waals surface area contributed by atoms with Crippen molar-refractivity contribution in [1.29, 1.82) is 0 Å². The standard InChI is InChI=1S/C21H21NO4/c1-4-26-21(25)12-6-5-7-13(10-12)22-19(23)17-14-8-9-15(16(14)11(2)3)18(17)20(22)24/h5-10,14-15,17-18H,4H2,1-3H3/t14-,15+,17-,18-/m0/s1. The van der Waals surface area contributed by atoms with Crippen LogP contribution in [0.3, 0.4) is 0 Å². The summed E-state index contributed by atoms with van der Waals surface area (Å²) in [5.74, 6) is -1.41. The number of hydrogen-bond acceptors (Lipinski definition) is 4. The van der Waals surface area contributed by atoms with Crippen LogP contribution in [0.15, 0.2) is 47.6 Å². The van der Waals surface area contributed by atoms with Gasteiger partial charge in [0.1, 0.15) is 0 Å². The van der Waals surface area contributed by atoms with Gasteiger partial charge in [-0.15, -0.1) is 0 Å². The number of benzene rings is 1. The third kappa shape index (κ3) is 2.19. The topological polar surface area (TPSA) is 63.7 Å². The van der Waals surface area contributed by atoms with Crippen molar-refractivity contribution in [1.82, 2.24) is 0 Å². The number of carbonyl (C=O) groups is 3. The third-order valence-corrected chi connectivity index (χ3v) is 5.61. The maximum Gasteiger partial charge on any atom is 0.338 e. The smallest absolute Gasteiger partial charge is 0.338 e. The molecule has 4 atom stereocenters. The van der Waals surface area contributed by atoms with E-state index >= 15 is 0 Å². The van der Waals surface area contributed by atoms with Gasteiger partial charge in [0.05, 0.1) is 29.7 Å². The number of hydrogen-bond donors (Lipinski definition) is 0. The quantitative estimate of drug-likeness (QED) is 0.477. The lowest BCUT2D eigenvalue weighted by atomic mass is 9.85. The predicted molar refractivity (Wildman–Crippen MR) is 96.4 cm³/mol. The van der Waals surface area contributed by atoms with E-state index in [2.05, 4.69) is 12.2 Å². The number of nitrogens with zero attached hydrogens (tertiary/aromatic N) is 1. The number of esters is 1. The zero-order valence-electron chi connectivity index (χ0n) is 15.1. The van der Waals surface area contributed by atoms with Gasteiger partial charge >= 0.3 is 5.97 Å². The fourth-order valence-corrected chi connectivity index (χ4v) is 4.67. The van der Waals surface area contributed by atoms with E-state index in [1.165, 1.54) is 16.0 Å². The van der Waals surface area contributed by atoms with E-state index in [0.717, 1.165) is 0 Å². The van der Waals surface area contributed by atoms with Crippen LogP contribution in [0, 0.1) is 23.7 Å². The Morgan fingerprint density at radius 3 is 2.23 bits per heavy atom. The second-order valence-corrected chi connectivity index (χ2v) is 7.23. The second-order valence-electron chi connectivity index (χ2n) is 7.23. The van der Waals surface area contributed by atoms with Crippen LogP contribution in [0.4, 0.5) is 5.69 Å². The molecule has 0 N–H and O–H groups in total. The molecule has 1 aliphatic heterocycles. The zero-order valence-corrected chi connectivity index (χ0v) is 15.1. The minimum atomic E-state index is -0.456. The molecule has 1 heterocycles. The van der Waals surface area contributed by atoms with Crippen LogP contribution >= 0.6 is 0 Å². The largest absolute Gasteiger partial charge is 0.462 e. The summed E-state index contributed by atoms with van der Waals surface area (Å²) in [7, 11) is 0. The SMILES string of the molecule is CCOC(=O)c1cccc(N2C(=O)[C@@H]3[C@@H](C2=O)[C@H]2C=C[C@@H]3C2=C(C)C)c1. The normalized spacial score (nSPS) is 28.7. The first kappa shape index (κ1) is 16.8. The molecule has 2 fully saturated rings. The molecule has 2 bridgehead atoms. The van der Waals surface area contributed by atoms with Gasteiger partial charge in [-0.1, -0.05) is 29.4 Å². The molecule has 26 heavy (non-hydrogen) atoms. The van der Waals surface area contributed by atoms with Crippen molar-refractivity contribution in [3.8, 4) is 0 Å². The maximum absolute atomic E-state index is 13.1. The van der Waals surface area contributed by atoms with Crippen LogP contribution < -0.4 is 4.90 Å². The van der Waals surface area contributed by atoms with Crippen molar-refractivity contribution in [3.63, 3.8) is 0 Å². The molecule has 0 aromatic heterocycles. The van der Waals surface area contributed by atoms with Gasteiger partial charge in [-0.2, -0.15) is 0 Å². The zero-order chi connectivity index (χ0) is 18.6. The van der Waals surface area contributed by atoms with E-state index in [9.17, 15) is 14.4 Å². The first-order chi connectivity index (χ1) is 12.5. The lowest BCUT2D eigenvalue weighted by Gasteiger charge is -2.19. The molecular weight excluding hydrogens is 330 g/mol. The molecule has 2 amide bonds. The molecule has 1 saturated carbocycles. The molecule has 1 aromatic carbocycles. The van der Waals surface area contributed by atoms with Crippen molar-refractivity contribution >= 4 is 23.5 Å². The number of imide groups is 1. The minimum absolute atomic E-state index is 0.0182. The summed E-state index contributed by atoms with van der Waals surface area (Å²) in [4.78, 5) is 39.4. The van der Waals surface area contributed by atoms with Gasteiger partial charge in [-0.05, 0) is 39.0 Å². The van der Waals surface area contributed by atoms with Gasteiger partial charge in [0, 0.05) is 11.8 Å². The van der Waals surface area contributed by atoms with Gasteiger partial charge < -0.3 is 4.74 Å². The molecule has 1 saturated heterocycles. The summed E-state index contributed by atoms with van der Waals surface area (Å²) in [6.07, 6.45) is 4.13. The van der Waals surface area contributed by atoms with Crippen molar-refractivity contribution in [2.45, 2.75) is 20.8 Å². The molecule has 1 aromatic rings. The van der Waals surface area contributed by atoms with E-state index in [-0.39, 0.29) is 42.1 Å². The van der Waals surface area contributed by atoms with E-state index in [1.54, 1.807) is 31.2 Å². The van der Waals surface area contributed by atoms with Gasteiger partial charge in [0.15, 0.2) is 0 Å². The summed E-state index contributed by atoms with van der Waals surface area (Å²) >= 11 is 0. The maximum atomic E-state index is 13.1. The molecule has 0 unspecified atom stereocenters. The first-order valence-corrected chi connectivity index (χ1v) is 8.96. The average molecular weight is 351 g/mol.